The minimum absolute atomic E-state index is 0.506. The molecule has 3 rings (SSSR count). The van der Waals surface area contributed by atoms with Gasteiger partial charge in [0.25, 0.3) is 0 Å². The molecule has 96 valence electrons. The van der Waals surface area contributed by atoms with Gasteiger partial charge in [-0.1, -0.05) is 18.2 Å². The molecule has 2 aromatic heterocycles. The fourth-order valence-electron chi connectivity index (χ4n) is 1.76. The molecule has 1 aromatic carbocycles. The molecule has 0 saturated carbocycles. The maximum Gasteiger partial charge on any atom is 0.200 e. The molecule has 0 amide bonds. The number of hydrogen-bond acceptors (Lipinski definition) is 5. The number of anilines is 1. The summed E-state index contributed by atoms with van der Waals surface area (Å²) in [5.74, 6) is 1.44. The van der Waals surface area contributed by atoms with Gasteiger partial charge in [-0.25, -0.2) is 4.98 Å². The predicted octanol–water partition coefficient (Wildman–Crippen LogP) is 2.43. The number of hydrogen-bond donors (Lipinski definition) is 1. The SMILES string of the molecule is Nc1cnc2nc(CCOc3ccccc3)oc2c1. The molecule has 0 bridgehead atoms. The first-order valence-electron chi connectivity index (χ1n) is 6.00. The number of fused-ring (bicyclic) bond motifs is 1. The van der Waals surface area contributed by atoms with Crippen LogP contribution in [-0.2, 0) is 6.42 Å². The van der Waals surface area contributed by atoms with E-state index in [0.29, 0.717) is 35.8 Å². The first-order valence-corrected chi connectivity index (χ1v) is 6.00. The number of nitrogen functional groups attached to an aromatic ring is 1. The summed E-state index contributed by atoms with van der Waals surface area (Å²) in [6, 6.07) is 11.4. The monoisotopic (exact) mass is 255 g/mol. The van der Waals surface area contributed by atoms with Crippen molar-refractivity contribution in [1.29, 1.82) is 0 Å². The van der Waals surface area contributed by atoms with E-state index >= 15 is 0 Å². The van der Waals surface area contributed by atoms with Crippen molar-refractivity contribution in [2.45, 2.75) is 6.42 Å². The number of benzene rings is 1. The van der Waals surface area contributed by atoms with Gasteiger partial charge in [-0.2, -0.15) is 4.98 Å². The maximum absolute atomic E-state index is 5.63. The molecule has 0 aliphatic carbocycles. The molecule has 2 N–H and O–H groups in total. The summed E-state index contributed by atoms with van der Waals surface area (Å²) in [6.45, 7) is 0.506. The Hall–Kier alpha value is -2.56. The number of ether oxygens (including phenoxy) is 1. The molecular weight excluding hydrogens is 242 g/mol. The van der Waals surface area contributed by atoms with E-state index in [9.17, 15) is 0 Å². The Morgan fingerprint density at radius 2 is 2.05 bits per heavy atom. The number of aromatic nitrogens is 2. The van der Waals surface area contributed by atoms with Crippen LogP contribution >= 0.6 is 0 Å². The molecule has 19 heavy (non-hydrogen) atoms. The maximum atomic E-state index is 5.63. The van der Waals surface area contributed by atoms with E-state index in [0.717, 1.165) is 5.75 Å². The Morgan fingerprint density at radius 1 is 1.21 bits per heavy atom. The lowest BCUT2D eigenvalue weighted by atomic mass is 10.3. The Morgan fingerprint density at radius 3 is 2.89 bits per heavy atom. The summed E-state index contributed by atoms with van der Waals surface area (Å²) < 4.78 is 11.1. The van der Waals surface area contributed by atoms with Crippen molar-refractivity contribution in [3.63, 3.8) is 0 Å². The minimum Gasteiger partial charge on any atom is -0.493 e. The van der Waals surface area contributed by atoms with Crippen molar-refractivity contribution >= 4 is 16.9 Å². The lowest BCUT2D eigenvalue weighted by Gasteiger charge is -2.03. The molecule has 0 radical (unpaired) electrons. The van der Waals surface area contributed by atoms with E-state index in [1.165, 1.54) is 0 Å². The average molecular weight is 255 g/mol. The molecule has 0 spiro atoms. The van der Waals surface area contributed by atoms with Crippen LogP contribution in [0.15, 0.2) is 47.0 Å². The normalized spacial score (nSPS) is 10.7. The van der Waals surface area contributed by atoms with Crippen molar-refractivity contribution < 1.29 is 9.15 Å². The molecule has 3 aromatic rings. The summed E-state index contributed by atoms with van der Waals surface area (Å²) in [5, 5.41) is 0. The van der Waals surface area contributed by atoms with E-state index in [4.69, 9.17) is 14.9 Å². The smallest absolute Gasteiger partial charge is 0.200 e. The lowest BCUT2D eigenvalue weighted by molar-refractivity contribution is 0.308. The van der Waals surface area contributed by atoms with E-state index in [2.05, 4.69) is 9.97 Å². The van der Waals surface area contributed by atoms with Gasteiger partial charge in [0, 0.05) is 6.07 Å². The zero-order valence-corrected chi connectivity index (χ0v) is 10.2. The zero-order chi connectivity index (χ0) is 13.1. The Balaban J connectivity index is 1.65. The molecule has 0 aliphatic rings. The van der Waals surface area contributed by atoms with Crippen molar-refractivity contribution in [1.82, 2.24) is 9.97 Å². The standard InChI is InChI=1S/C14H13N3O2/c15-10-8-12-14(16-9-10)17-13(19-12)6-7-18-11-4-2-1-3-5-11/h1-5,8-9H,6-7,15H2. The topological polar surface area (TPSA) is 74.2 Å². The number of para-hydroxylation sites is 1. The molecule has 0 aliphatic heterocycles. The summed E-state index contributed by atoms with van der Waals surface area (Å²) in [6.07, 6.45) is 2.15. The largest absolute Gasteiger partial charge is 0.493 e. The van der Waals surface area contributed by atoms with Gasteiger partial charge >= 0.3 is 0 Å². The Kier molecular flexibility index (Phi) is 3.02. The fourth-order valence-corrected chi connectivity index (χ4v) is 1.76. The Bertz CT molecular complexity index is 679. The molecular formula is C14H13N3O2. The first kappa shape index (κ1) is 11.5. The van der Waals surface area contributed by atoms with Crippen LogP contribution in [0.1, 0.15) is 5.89 Å². The number of nitrogens with zero attached hydrogens (tertiary/aromatic N) is 2. The second-order valence-electron chi connectivity index (χ2n) is 4.11. The van der Waals surface area contributed by atoms with Crippen LogP contribution in [0.3, 0.4) is 0 Å². The van der Waals surface area contributed by atoms with Gasteiger partial charge in [0.15, 0.2) is 17.1 Å². The molecule has 2 heterocycles. The summed E-state index contributed by atoms with van der Waals surface area (Å²) in [5.41, 5.74) is 7.38. The van der Waals surface area contributed by atoms with Gasteiger partial charge in [0.2, 0.25) is 0 Å². The second kappa shape index (κ2) is 4.97. The van der Waals surface area contributed by atoms with Crippen molar-refractivity contribution in [3.8, 4) is 5.75 Å². The highest BCUT2D eigenvalue weighted by Gasteiger charge is 2.07. The third-order valence-electron chi connectivity index (χ3n) is 2.64. The van der Waals surface area contributed by atoms with E-state index in [-0.39, 0.29) is 0 Å². The van der Waals surface area contributed by atoms with Gasteiger partial charge < -0.3 is 14.9 Å². The van der Waals surface area contributed by atoms with E-state index in [1.807, 2.05) is 30.3 Å². The quantitative estimate of drug-likeness (QED) is 0.775. The summed E-state index contributed by atoms with van der Waals surface area (Å²) in [7, 11) is 0. The molecule has 5 nitrogen and oxygen atoms in total. The van der Waals surface area contributed by atoms with Crippen molar-refractivity contribution in [3.05, 3.63) is 48.5 Å². The zero-order valence-electron chi connectivity index (χ0n) is 10.2. The third-order valence-corrected chi connectivity index (χ3v) is 2.64. The highest BCUT2D eigenvalue weighted by Crippen LogP contribution is 2.16. The van der Waals surface area contributed by atoms with Crippen molar-refractivity contribution in [2.75, 3.05) is 12.3 Å². The lowest BCUT2D eigenvalue weighted by Crippen LogP contribution is -2.01. The van der Waals surface area contributed by atoms with Crippen LogP contribution in [-0.4, -0.2) is 16.6 Å². The molecule has 0 saturated heterocycles. The molecule has 0 fully saturated rings. The Labute approximate surface area is 110 Å². The number of oxazole rings is 1. The highest BCUT2D eigenvalue weighted by atomic mass is 16.5. The van der Waals surface area contributed by atoms with Gasteiger partial charge in [0.1, 0.15) is 5.75 Å². The molecule has 0 unspecified atom stereocenters. The van der Waals surface area contributed by atoms with Crippen LogP contribution in [0.25, 0.3) is 11.2 Å². The summed E-state index contributed by atoms with van der Waals surface area (Å²) >= 11 is 0. The van der Waals surface area contributed by atoms with Gasteiger partial charge in [0.05, 0.1) is 24.9 Å². The van der Waals surface area contributed by atoms with Crippen LogP contribution in [0, 0.1) is 0 Å². The second-order valence-corrected chi connectivity index (χ2v) is 4.11. The van der Waals surface area contributed by atoms with Gasteiger partial charge in [-0.15, -0.1) is 0 Å². The highest BCUT2D eigenvalue weighted by molar-refractivity contribution is 5.71. The average Bonchev–Trinajstić information content (AvgIpc) is 2.82. The van der Waals surface area contributed by atoms with E-state index < -0.39 is 0 Å². The van der Waals surface area contributed by atoms with Gasteiger partial charge in [-0.05, 0) is 12.1 Å². The number of nitrogens with two attached hydrogens (primary N) is 1. The van der Waals surface area contributed by atoms with Crippen molar-refractivity contribution in [2.24, 2.45) is 0 Å². The van der Waals surface area contributed by atoms with E-state index in [1.54, 1.807) is 12.3 Å². The van der Waals surface area contributed by atoms with Crippen LogP contribution < -0.4 is 10.5 Å². The minimum atomic E-state index is 0.506. The third kappa shape index (κ3) is 2.65. The number of rotatable bonds is 4. The van der Waals surface area contributed by atoms with Crippen LogP contribution in [0.5, 0.6) is 5.75 Å². The fraction of sp³-hybridized carbons (Fsp3) is 0.143. The molecule has 5 heteroatoms. The first-order chi connectivity index (χ1) is 9.31. The van der Waals surface area contributed by atoms with Gasteiger partial charge in [-0.3, -0.25) is 0 Å². The molecule has 0 atom stereocenters. The summed E-state index contributed by atoms with van der Waals surface area (Å²) in [4.78, 5) is 8.37. The van der Waals surface area contributed by atoms with Crippen LogP contribution in [0.2, 0.25) is 0 Å². The number of pyridine rings is 1. The van der Waals surface area contributed by atoms with Crippen LogP contribution in [0.4, 0.5) is 5.69 Å². The predicted molar refractivity (Wildman–Crippen MR) is 71.9 cm³/mol.